The first kappa shape index (κ1) is 13.6. The average molecular weight is 269 g/mol. The summed E-state index contributed by atoms with van der Waals surface area (Å²) in [6, 6.07) is 11.0. The van der Waals surface area contributed by atoms with E-state index in [0.717, 1.165) is 24.1 Å². The molecule has 1 aromatic carbocycles. The molecule has 2 unspecified atom stereocenters. The smallest absolute Gasteiger partial charge is 0.0991 e. The highest BCUT2D eigenvalue weighted by molar-refractivity contribution is 5.31. The highest BCUT2D eigenvalue weighted by atomic mass is 15.1. The first-order valence-electron chi connectivity index (χ1n) is 7.80. The molecule has 3 rings (SSSR count). The Balaban J connectivity index is 1.57. The van der Waals surface area contributed by atoms with Crippen molar-refractivity contribution in [1.29, 1.82) is 5.26 Å². The van der Waals surface area contributed by atoms with Gasteiger partial charge in [-0.1, -0.05) is 12.1 Å². The van der Waals surface area contributed by atoms with Crippen molar-refractivity contribution in [3.63, 3.8) is 0 Å². The second-order valence-electron chi connectivity index (χ2n) is 6.15. The first-order chi connectivity index (χ1) is 9.85. The predicted molar refractivity (Wildman–Crippen MR) is 80.2 cm³/mol. The molecule has 0 radical (unpaired) electrons. The van der Waals surface area contributed by atoms with E-state index < -0.39 is 0 Å². The zero-order valence-corrected chi connectivity index (χ0v) is 12.0. The van der Waals surface area contributed by atoms with Crippen LogP contribution in [0.15, 0.2) is 24.3 Å². The number of piperidine rings is 1. The minimum Gasteiger partial charge on any atom is -0.314 e. The second-order valence-corrected chi connectivity index (χ2v) is 6.15. The third-order valence-electron chi connectivity index (χ3n) is 4.70. The summed E-state index contributed by atoms with van der Waals surface area (Å²) in [6.07, 6.45) is 5.40. The van der Waals surface area contributed by atoms with Crippen LogP contribution in [0.4, 0.5) is 0 Å². The van der Waals surface area contributed by atoms with Gasteiger partial charge in [-0.05, 0) is 62.4 Å². The Morgan fingerprint density at radius 2 is 2.05 bits per heavy atom. The normalized spacial score (nSPS) is 27.4. The van der Waals surface area contributed by atoms with Crippen LogP contribution in [-0.4, -0.2) is 30.6 Å². The van der Waals surface area contributed by atoms with Crippen molar-refractivity contribution in [2.75, 3.05) is 19.6 Å². The van der Waals surface area contributed by atoms with Gasteiger partial charge in [-0.25, -0.2) is 0 Å². The molecule has 0 aromatic heterocycles. The molecule has 2 fully saturated rings. The molecule has 0 bridgehead atoms. The van der Waals surface area contributed by atoms with Crippen LogP contribution in [0.5, 0.6) is 0 Å². The van der Waals surface area contributed by atoms with Crippen molar-refractivity contribution in [3.05, 3.63) is 35.4 Å². The molecule has 1 aromatic rings. The van der Waals surface area contributed by atoms with E-state index in [1.165, 1.54) is 50.9 Å². The van der Waals surface area contributed by atoms with E-state index in [1.54, 1.807) is 0 Å². The average Bonchev–Trinajstić information content (AvgIpc) is 3.03. The molecule has 2 saturated heterocycles. The highest BCUT2D eigenvalue weighted by Gasteiger charge is 2.28. The largest absolute Gasteiger partial charge is 0.314 e. The molecule has 2 aliphatic rings. The Kier molecular flexibility index (Phi) is 4.34. The third-order valence-corrected chi connectivity index (χ3v) is 4.70. The van der Waals surface area contributed by atoms with Crippen LogP contribution in [0.2, 0.25) is 0 Å². The molecule has 0 spiro atoms. The Labute approximate surface area is 121 Å². The van der Waals surface area contributed by atoms with E-state index in [4.69, 9.17) is 5.26 Å². The maximum Gasteiger partial charge on any atom is 0.0991 e. The lowest BCUT2D eigenvalue weighted by Crippen LogP contribution is -2.43. The van der Waals surface area contributed by atoms with E-state index in [1.807, 2.05) is 12.1 Å². The molecular weight excluding hydrogens is 246 g/mol. The molecule has 2 heterocycles. The van der Waals surface area contributed by atoms with Crippen molar-refractivity contribution in [2.45, 2.75) is 38.3 Å². The van der Waals surface area contributed by atoms with Crippen LogP contribution in [0, 0.1) is 17.2 Å². The summed E-state index contributed by atoms with van der Waals surface area (Å²) in [4.78, 5) is 2.58. The molecular formula is C17H23N3. The van der Waals surface area contributed by atoms with Crippen molar-refractivity contribution >= 4 is 0 Å². The number of likely N-dealkylation sites (tertiary alicyclic amines) is 1. The third kappa shape index (κ3) is 3.20. The lowest BCUT2D eigenvalue weighted by atomic mass is 9.89. The van der Waals surface area contributed by atoms with Gasteiger partial charge in [-0.3, -0.25) is 4.90 Å². The summed E-state index contributed by atoms with van der Waals surface area (Å²) in [6.45, 7) is 4.66. The topological polar surface area (TPSA) is 39.1 Å². The van der Waals surface area contributed by atoms with E-state index in [9.17, 15) is 0 Å². The van der Waals surface area contributed by atoms with Crippen LogP contribution in [0.1, 0.15) is 36.8 Å². The molecule has 0 amide bonds. The predicted octanol–water partition coefficient (Wildman–Crippen LogP) is 2.52. The fourth-order valence-corrected chi connectivity index (χ4v) is 3.62. The standard InChI is InChI=1S/C17H23N3/c18-11-14-5-7-15(8-6-14)12-20-10-2-3-16(13-20)17-4-1-9-19-17/h5-8,16-17,19H,1-4,9-10,12-13H2. The number of benzene rings is 1. The van der Waals surface area contributed by atoms with Gasteiger partial charge in [0.05, 0.1) is 11.6 Å². The van der Waals surface area contributed by atoms with E-state index in [-0.39, 0.29) is 0 Å². The number of hydrogen-bond donors (Lipinski definition) is 1. The SMILES string of the molecule is N#Cc1ccc(CN2CCCC(C3CCCN3)C2)cc1. The first-order valence-corrected chi connectivity index (χ1v) is 7.80. The van der Waals surface area contributed by atoms with Gasteiger partial charge < -0.3 is 5.32 Å². The van der Waals surface area contributed by atoms with E-state index >= 15 is 0 Å². The number of nitrogens with zero attached hydrogens (tertiary/aromatic N) is 2. The van der Waals surface area contributed by atoms with Crippen molar-refractivity contribution in [3.8, 4) is 6.07 Å². The van der Waals surface area contributed by atoms with Crippen LogP contribution < -0.4 is 5.32 Å². The summed E-state index contributed by atoms with van der Waals surface area (Å²) in [5.41, 5.74) is 2.07. The summed E-state index contributed by atoms with van der Waals surface area (Å²) >= 11 is 0. The molecule has 2 aliphatic heterocycles. The Morgan fingerprint density at radius 1 is 1.20 bits per heavy atom. The fourth-order valence-electron chi connectivity index (χ4n) is 3.62. The van der Waals surface area contributed by atoms with Gasteiger partial charge in [-0.2, -0.15) is 5.26 Å². The second kappa shape index (κ2) is 6.39. The summed E-state index contributed by atoms with van der Waals surface area (Å²) in [7, 11) is 0. The molecule has 106 valence electrons. The quantitative estimate of drug-likeness (QED) is 0.916. The number of rotatable bonds is 3. The van der Waals surface area contributed by atoms with Crippen molar-refractivity contribution in [2.24, 2.45) is 5.92 Å². The monoisotopic (exact) mass is 269 g/mol. The molecule has 1 N–H and O–H groups in total. The molecule has 20 heavy (non-hydrogen) atoms. The Morgan fingerprint density at radius 3 is 2.75 bits per heavy atom. The molecule has 2 atom stereocenters. The molecule has 0 saturated carbocycles. The van der Waals surface area contributed by atoms with Crippen molar-refractivity contribution in [1.82, 2.24) is 10.2 Å². The Hall–Kier alpha value is -1.37. The van der Waals surface area contributed by atoms with Crippen LogP contribution in [-0.2, 0) is 6.54 Å². The molecule has 3 heteroatoms. The zero-order valence-electron chi connectivity index (χ0n) is 12.0. The maximum absolute atomic E-state index is 8.84. The minimum atomic E-state index is 0.749. The van der Waals surface area contributed by atoms with Gasteiger partial charge in [-0.15, -0.1) is 0 Å². The van der Waals surface area contributed by atoms with Gasteiger partial charge in [0.2, 0.25) is 0 Å². The summed E-state index contributed by atoms with van der Waals surface area (Å²) in [5, 5.41) is 12.5. The van der Waals surface area contributed by atoms with Gasteiger partial charge >= 0.3 is 0 Å². The number of hydrogen-bond acceptors (Lipinski definition) is 3. The Bertz CT molecular complexity index is 468. The minimum absolute atomic E-state index is 0.749. The number of nitrogens with one attached hydrogen (secondary N) is 1. The molecule has 3 nitrogen and oxygen atoms in total. The highest BCUT2D eigenvalue weighted by Crippen LogP contribution is 2.25. The van der Waals surface area contributed by atoms with Gasteiger partial charge in [0.25, 0.3) is 0 Å². The fraction of sp³-hybridized carbons (Fsp3) is 0.588. The van der Waals surface area contributed by atoms with Crippen molar-refractivity contribution < 1.29 is 0 Å². The van der Waals surface area contributed by atoms with Crippen LogP contribution in [0.3, 0.4) is 0 Å². The van der Waals surface area contributed by atoms with E-state index in [2.05, 4.69) is 28.4 Å². The van der Waals surface area contributed by atoms with Gasteiger partial charge in [0, 0.05) is 19.1 Å². The zero-order chi connectivity index (χ0) is 13.8. The number of nitriles is 1. The van der Waals surface area contributed by atoms with Crippen LogP contribution in [0.25, 0.3) is 0 Å². The summed E-state index contributed by atoms with van der Waals surface area (Å²) < 4.78 is 0. The summed E-state index contributed by atoms with van der Waals surface area (Å²) in [5.74, 6) is 0.824. The lowest BCUT2D eigenvalue weighted by Gasteiger charge is -2.35. The van der Waals surface area contributed by atoms with Gasteiger partial charge in [0.15, 0.2) is 0 Å². The maximum atomic E-state index is 8.84. The van der Waals surface area contributed by atoms with E-state index in [0.29, 0.717) is 0 Å². The lowest BCUT2D eigenvalue weighted by molar-refractivity contribution is 0.145. The van der Waals surface area contributed by atoms with Gasteiger partial charge in [0.1, 0.15) is 0 Å². The molecule has 0 aliphatic carbocycles. The van der Waals surface area contributed by atoms with Crippen LogP contribution >= 0.6 is 0 Å².